The summed E-state index contributed by atoms with van der Waals surface area (Å²) in [7, 11) is -3.80. The SMILES string of the molecule is CCn1c(CCC(=O)NCc2ccccc2CN2CCOCC2)nc2cc(S(N)(=O)=O)ccc21. The number of fused-ring (bicyclic) bond motifs is 1. The van der Waals surface area contributed by atoms with Crippen molar-refractivity contribution in [1.29, 1.82) is 0 Å². The summed E-state index contributed by atoms with van der Waals surface area (Å²) >= 11 is 0. The average molecular weight is 486 g/mol. The molecule has 1 saturated heterocycles. The number of primary sulfonamides is 1. The maximum atomic E-state index is 12.6. The van der Waals surface area contributed by atoms with Crippen molar-refractivity contribution in [3.63, 3.8) is 0 Å². The van der Waals surface area contributed by atoms with Crippen LogP contribution in [0.5, 0.6) is 0 Å². The molecule has 1 fully saturated rings. The molecule has 182 valence electrons. The van der Waals surface area contributed by atoms with E-state index in [1.807, 2.05) is 23.6 Å². The zero-order chi connectivity index (χ0) is 24.1. The van der Waals surface area contributed by atoms with Crippen LogP contribution in [0.25, 0.3) is 11.0 Å². The van der Waals surface area contributed by atoms with Crippen LogP contribution in [0.4, 0.5) is 0 Å². The largest absolute Gasteiger partial charge is 0.379 e. The number of sulfonamides is 1. The van der Waals surface area contributed by atoms with E-state index in [0.29, 0.717) is 25.0 Å². The topological polar surface area (TPSA) is 120 Å². The Morgan fingerprint density at radius 3 is 2.59 bits per heavy atom. The van der Waals surface area contributed by atoms with Crippen LogP contribution in [0.1, 0.15) is 30.3 Å². The summed E-state index contributed by atoms with van der Waals surface area (Å²) in [5, 5.41) is 8.28. The average Bonchev–Trinajstić information content (AvgIpc) is 3.19. The molecule has 0 atom stereocenters. The van der Waals surface area contributed by atoms with Gasteiger partial charge in [0.25, 0.3) is 0 Å². The monoisotopic (exact) mass is 485 g/mol. The Morgan fingerprint density at radius 2 is 1.88 bits per heavy atom. The normalized spacial score (nSPS) is 15.0. The summed E-state index contributed by atoms with van der Waals surface area (Å²) in [6.07, 6.45) is 0.742. The van der Waals surface area contributed by atoms with Gasteiger partial charge in [0.15, 0.2) is 0 Å². The van der Waals surface area contributed by atoms with Gasteiger partial charge in [-0.05, 0) is 36.2 Å². The number of nitrogens with one attached hydrogen (secondary N) is 1. The van der Waals surface area contributed by atoms with Crippen molar-refractivity contribution < 1.29 is 17.9 Å². The lowest BCUT2D eigenvalue weighted by Crippen LogP contribution is -2.36. The fourth-order valence-electron chi connectivity index (χ4n) is 4.27. The zero-order valence-electron chi connectivity index (χ0n) is 19.4. The van der Waals surface area contributed by atoms with Crippen LogP contribution in [-0.4, -0.2) is 55.1 Å². The van der Waals surface area contributed by atoms with Gasteiger partial charge in [0.2, 0.25) is 15.9 Å². The number of hydrogen-bond donors (Lipinski definition) is 2. The number of rotatable bonds is 9. The number of amides is 1. The molecule has 4 rings (SSSR count). The Kier molecular flexibility index (Phi) is 7.62. The second kappa shape index (κ2) is 10.6. The number of morpholine rings is 1. The van der Waals surface area contributed by atoms with E-state index in [0.717, 1.165) is 49.8 Å². The van der Waals surface area contributed by atoms with Crippen LogP contribution >= 0.6 is 0 Å². The smallest absolute Gasteiger partial charge is 0.238 e. The van der Waals surface area contributed by atoms with E-state index >= 15 is 0 Å². The van der Waals surface area contributed by atoms with E-state index in [2.05, 4.69) is 27.3 Å². The first kappa shape index (κ1) is 24.3. The number of nitrogens with zero attached hydrogens (tertiary/aromatic N) is 3. The molecule has 1 aliphatic rings. The molecule has 1 amide bonds. The first-order valence-corrected chi connectivity index (χ1v) is 13.1. The van der Waals surface area contributed by atoms with Crippen molar-refractivity contribution in [2.75, 3.05) is 26.3 Å². The first-order chi connectivity index (χ1) is 16.3. The van der Waals surface area contributed by atoms with Crippen LogP contribution in [0.3, 0.4) is 0 Å². The summed E-state index contributed by atoms with van der Waals surface area (Å²) in [6, 6.07) is 12.8. The lowest BCUT2D eigenvalue weighted by Gasteiger charge is -2.27. The quantitative estimate of drug-likeness (QED) is 0.477. The van der Waals surface area contributed by atoms with Crippen molar-refractivity contribution in [3.05, 3.63) is 59.4 Å². The highest BCUT2D eigenvalue weighted by Crippen LogP contribution is 2.21. The third kappa shape index (κ3) is 5.82. The molecular weight excluding hydrogens is 454 g/mol. The first-order valence-electron chi connectivity index (χ1n) is 11.5. The second-order valence-electron chi connectivity index (χ2n) is 8.40. The van der Waals surface area contributed by atoms with Gasteiger partial charge in [0.05, 0.1) is 29.1 Å². The van der Waals surface area contributed by atoms with Gasteiger partial charge in [-0.2, -0.15) is 0 Å². The third-order valence-corrected chi connectivity index (χ3v) is 7.02. The molecule has 3 aromatic rings. The number of nitrogens with two attached hydrogens (primary N) is 1. The number of imidazole rings is 1. The minimum absolute atomic E-state index is 0.0285. The molecule has 2 heterocycles. The Hall–Kier alpha value is -2.79. The summed E-state index contributed by atoms with van der Waals surface area (Å²) in [6.45, 7) is 7.31. The molecule has 9 nitrogen and oxygen atoms in total. The molecule has 1 aliphatic heterocycles. The fraction of sp³-hybridized carbons (Fsp3) is 0.417. The lowest BCUT2D eigenvalue weighted by molar-refractivity contribution is -0.121. The molecule has 0 aliphatic carbocycles. The van der Waals surface area contributed by atoms with E-state index in [1.54, 1.807) is 6.07 Å². The number of hydrogen-bond acceptors (Lipinski definition) is 6. The maximum absolute atomic E-state index is 12.6. The zero-order valence-corrected chi connectivity index (χ0v) is 20.2. The van der Waals surface area contributed by atoms with E-state index in [1.165, 1.54) is 17.7 Å². The van der Waals surface area contributed by atoms with Gasteiger partial charge in [-0.25, -0.2) is 18.5 Å². The molecule has 10 heteroatoms. The molecule has 1 aromatic heterocycles. The standard InChI is InChI=1S/C24H31N5O4S/c1-2-29-22-8-7-20(34(25,31)32)15-21(22)27-23(29)9-10-24(30)26-16-18-5-3-4-6-19(18)17-28-11-13-33-14-12-28/h3-8,15H,2,9-14,16-17H2,1H3,(H,26,30)(H2,25,31,32). The third-order valence-electron chi connectivity index (χ3n) is 6.11. The van der Waals surface area contributed by atoms with E-state index < -0.39 is 10.0 Å². The molecule has 0 radical (unpaired) electrons. The highest BCUT2D eigenvalue weighted by molar-refractivity contribution is 7.89. The van der Waals surface area contributed by atoms with Crippen LogP contribution in [0.2, 0.25) is 0 Å². The molecule has 2 aromatic carbocycles. The van der Waals surface area contributed by atoms with E-state index in [9.17, 15) is 13.2 Å². The van der Waals surface area contributed by atoms with Crippen molar-refractivity contribution in [2.45, 2.75) is 44.3 Å². The van der Waals surface area contributed by atoms with Gasteiger partial charge in [-0.15, -0.1) is 0 Å². The molecular formula is C24H31N5O4S. The van der Waals surface area contributed by atoms with E-state index in [4.69, 9.17) is 9.88 Å². The molecule has 0 saturated carbocycles. The molecule has 0 unspecified atom stereocenters. The molecule has 3 N–H and O–H groups in total. The highest BCUT2D eigenvalue weighted by Gasteiger charge is 2.16. The van der Waals surface area contributed by atoms with Crippen molar-refractivity contribution in [1.82, 2.24) is 19.8 Å². The van der Waals surface area contributed by atoms with E-state index in [-0.39, 0.29) is 17.2 Å². The predicted molar refractivity (Wildman–Crippen MR) is 129 cm³/mol. The second-order valence-corrected chi connectivity index (χ2v) is 9.96. The Bertz CT molecular complexity index is 1270. The molecule has 0 spiro atoms. The summed E-state index contributed by atoms with van der Waals surface area (Å²) in [5.41, 5.74) is 3.70. The Labute approximate surface area is 200 Å². The van der Waals surface area contributed by atoms with Gasteiger partial charge < -0.3 is 14.6 Å². The van der Waals surface area contributed by atoms with Crippen molar-refractivity contribution in [3.8, 4) is 0 Å². The van der Waals surface area contributed by atoms with Crippen molar-refractivity contribution in [2.24, 2.45) is 5.14 Å². The van der Waals surface area contributed by atoms with Gasteiger partial charge in [0.1, 0.15) is 5.82 Å². The van der Waals surface area contributed by atoms with Gasteiger partial charge >= 0.3 is 0 Å². The fourth-order valence-corrected chi connectivity index (χ4v) is 4.81. The Morgan fingerprint density at radius 1 is 1.15 bits per heavy atom. The van der Waals surface area contributed by atoms with Crippen LogP contribution in [0.15, 0.2) is 47.4 Å². The lowest BCUT2D eigenvalue weighted by atomic mass is 10.1. The number of benzene rings is 2. The minimum atomic E-state index is -3.80. The van der Waals surface area contributed by atoms with Gasteiger partial charge in [-0.1, -0.05) is 24.3 Å². The number of aryl methyl sites for hydroxylation is 2. The van der Waals surface area contributed by atoms with Crippen LogP contribution < -0.4 is 10.5 Å². The Balaban J connectivity index is 1.38. The van der Waals surface area contributed by atoms with Crippen molar-refractivity contribution >= 4 is 27.0 Å². The summed E-state index contributed by atoms with van der Waals surface area (Å²) in [4.78, 5) is 19.6. The highest BCUT2D eigenvalue weighted by atomic mass is 32.2. The van der Waals surface area contributed by atoms with Gasteiger partial charge in [-0.3, -0.25) is 9.69 Å². The number of ether oxygens (including phenoxy) is 1. The van der Waals surface area contributed by atoms with Crippen LogP contribution in [0, 0.1) is 0 Å². The predicted octanol–water partition coefficient (Wildman–Crippen LogP) is 1.78. The number of carbonyl (C=O) groups is 1. The summed E-state index contributed by atoms with van der Waals surface area (Å²) < 4.78 is 30.7. The minimum Gasteiger partial charge on any atom is -0.379 e. The van der Waals surface area contributed by atoms with Crippen LogP contribution in [-0.2, 0) is 45.6 Å². The summed E-state index contributed by atoms with van der Waals surface area (Å²) in [5.74, 6) is 0.688. The number of aromatic nitrogens is 2. The van der Waals surface area contributed by atoms with Gasteiger partial charge in [0, 0.05) is 45.6 Å². The molecule has 34 heavy (non-hydrogen) atoms. The maximum Gasteiger partial charge on any atom is 0.238 e. The molecule has 0 bridgehead atoms. The number of carbonyl (C=O) groups excluding carboxylic acids is 1.